The Bertz CT molecular complexity index is 705. The molecule has 0 radical (unpaired) electrons. The van der Waals surface area contributed by atoms with E-state index < -0.39 is 15.9 Å². The molecule has 2 rings (SSSR count). The molecule has 0 bridgehead atoms. The minimum absolute atomic E-state index is 0.199. The van der Waals surface area contributed by atoms with Crippen LogP contribution in [-0.2, 0) is 9.84 Å². The summed E-state index contributed by atoms with van der Waals surface area (Å²) in [5.41, 5.74) is 1.23. The Balaban J connectivity index is 2.29. The maximum atomic E-state index is 11.6. The van der Waals surface area contributed by atoms with Gasteiger partial charge in [0.1, 0.15) is 11.9 Å². The molecule has 0 heterocycles. The van der Waals surface area contributed by atoms with Gasteiger partial charge < -0.3 is 9.84 Å². The molecule has 1 N–H and O–H groups in total. The number of aliphatic hydroxyl groups excluding tert-OH is 1. The fourth-order valence-corrected chi connectivity index (χ4v) is 2.70. The van der Waals surface area contributed by atoms with Crippen molar-refractivity contribution in [1.29, 1.82) is 0 Å². The predicted molar refractivity (Wildman–Crippen MR) is 81.2 cm³/mol. The molecule has 2 aromatic carbocycles. The number of hydrogen-bond donors (Lipinski definition) is 1. The minimum Gasteiger partial charge on any atom is -0.494 e. The van der Waals surface area contributed by atoms with Crippen LogP contribution in [0.15, 0.2) is 53.4 Å². The van der Waals surface area contributed by atoms with E-state index in [2.05, 4.69) is 0 Å². The van der Waals surface area contributed by atoms with E-state index in [1.54, 1.807) is 36.4 Å². The van der Waals surface area contributed by atoms with Gasteiger partial charge in [-0.3, -0.25) is 0 Å². The first-order chi connectivity index (χ1) is 9.91. The minimum atomic E-state index is -3.29. The topological polar surface area (TPSA) is 63.6 Å². The van der Waals surface area contributed by atoms with Gasteiger partial charge in [0.15, 0.2) is 9.84 Å². The Morgan fingerprint density at radius 1 is 1.10 bits per heavy atom. The molecule has 0 aliphatic heterocycles. The third kappa shape index (κ3) is 3.83. The number of sulfone groups is 1. The summed E-state index contributed by atoms with van der Waals surface area (Å²) in [5, 5.41) is 10.4. The molecule has 21 heavy (non-hydrogen) atoms. The van der Waals surface area contributed by atoms with Crippen LogP contribution in [0.2, 0.25) is 0 Å². The van der Waals surface area contributed by atoms with Crippen molar-refractivity contribution in [3.05, 3.63) is 59.7 Å². The second-order valence-electron chi connectivity index (χ2n) is 4.75. The molecule has 1 atom stereocenters. The highest BCUT2D eigenvalue weighted by Gasteiger charge is 2.14. The van der Waals surface area contributed by atoms with Crippen LogP contribution in [0.5, 0.6) is 5.75 Å². The van der Waals surface area contributed by atoms with Crippen LogP contribution in [0.4, 0.5) is 0 Å². The molecule has 0 aromatic heterocycles. The predicted octanol–water partition coefficient (Wildman–Crippen LogP) is 2.57. The fraction of sp³-hybridized carbons (Fsp3) is 0.250. The van der Waals surface area contributed by atoms with Crippen molar-refractivity contribution in [2.45, 2.75) is 17.9 Å². The first-order valence-electron chi connectivity index (χ1n) is 6.62. The second kappa shape index (κ2) is 6.28. The van der Waals surface area contributed by atoms with Gasteiger partial charge >= 0.3 is 0 Å². The summed E-state index contributed by atoms with van der Waals surface area (Å²) in [6.45, 7) is 2.48. The molecule has 0 aliphatic carbocycles. The third-order valence-electron chi connectivity index (χ3n) is 3.11. The Morgan fingerprint density at radius 3 is 2.33 bits per heavy atom. The van der Waals surface area contributed by atoms with Crippen molar-refractivity contribution in [2.75, 3.05) is 12.9 Å². The zero-order valence-electron chi connectivity index (χ0n) is 12.0. The van der Waals surface area contributed by atoms with Crippen LogP contribution in [0.1, 0.15) is 24.2 Å². The molecule has 0 spiro atoms. The summed E-state index contributed by atoms with van der Waals surface area (Å²) >= 11 is 0. The number of rotatable bonds is 5. The summed E-state index contributed by atoms with van der Waals surface area (Å²) in [6, 6.07) is 13.4. The lowest BCUT2D eigenvalue weighted by molar-refractivity contribution is 0.220. The number of ether oxygens (including phenoxy) is 1. The molecule has 2 aromatic rings. The quantitative estimate of drug-likeness (QED) is 0.922. The van der Waals surface area contributed by atoms with Crippen LogP contribution in [0.25, 0.3) is 0 Å². The Kier molecular flexibility index (Phi) is 4.65. The summed E-state index contributed by atoms with van der Waals surface area (Å²) < 4.78 is 28.5. The standard InChI is InChI=1S/C16H18O4S/c1-3-20-14-9-7-12(8-10-14)16(17)13-5-4-6-15(11-13)21(2,18)19/h4-11,16-17H,3H2,1-2H3. The first kappa shape index (κ1) is 15.5. The van der Waals surface area contributed by atoms with Gasteiger partial charge in [0.25, 0.3) is 0 Å². The van der Waals surface area contributed by atoms with E-state index in [9.17, 15) is 13.5 Å². The van der Waals surface area contributed by atoms with E-state index in [1.807, 2.05) is 6.92 Å². The molecule has 0 saturated heterocycles. The summed E-state index contributed by atoms with van der Waals surface area (Å²) in [6.07, 6.45) is 0.275. The van der Waals surface area contributed by atoms with Crippen LogP contribution in [-0.4, -0.2) is 26.4 Å². The van der Waals surface area contributed by atoms with Crippen LogP contribution in [0.3, 0.4) is 0 Å². The molecule has 4 nitrogen and oxygen atoms in total. The van der Waals surface area contributed by atoms with Gasteiger partial charge in [0.2, 0.25) is 0 Å². The van der Waals surface area contributed by atoms with Gasteiger partial charge in [-0.2, -0.15) is 0 Å². The largest absolute Gasteiger partial charge is 0.494 e. The van der Waals surface area contributed by atoms with Crippen molar-refractivity contribution >= 4 is 9.84 Å². The highest BCUT2D eigenvalue weighted by atomic mass is 32.2. The summed E-state index contributed by atoms with van der Waals surface area (Å²) in [4.78, 5) is 0.199. The molecule has 1 unspecified atom stereocenters. The Labute approximate surface area is 124 Å². The SMILES string of the molecule is CCOc1ccc(C(O)c2cccc(S(C)(=O)=O)c2)cc1. The monoisotopic (exact) mass is 306 g/mol. The van der Waals surface area contributed by atoms with Crippen molar-refractivity contribution in [3.63, 3.8) is 0 Å². The van der Waals surface area contributed by atoms with E-state index in [0.717, 1.165) is 12.0 Å². The van der Waals surface area contributed by atoms with Crippen LogP contribution >= 0.6 is 0 Å². The maximum absolute atomic E-state index is 11.6. The van der Waals surface area contributed by atoms with Gasteiger partial charge in [-0.1, -0.05) is 24.3 Å². The van der Waals surface area contributed by atoms with Crippen molar-refractivity contribution < 1.29 is 18.3 Å². The zero-order valence-corrected chi connectivity index (χ0v) is 12.8. The van der Waals surface area contributed by atoms with E-state index in [0.29, 0.717) is 17.7 Å². The van der Waals surface area contributed by atoms with Crippen LogP contribution in [0, 0.1) is 0 Å². The average Bonchev–Trinajstić information content (AvgIpc) is 2.47. The molecule has 112 valence electrons. The number of hydrogen-bond acceptors (Lipinski definition) is 4. The van der Waals surface area contributed by atoms with E-state index in [-0.39, 0.29) is 4.90 Å². The second-order valence-corrected chi connectivity index (χ2v) is 6.76. The zero-order chi connectivity index (χ0) is 15.5. The molecule has 0 saturated carbocycles. The van der Waals surface area contributed by atoms with Crippen molar-refractivity contribution in [1.82, 2.24) is 0 Å². The van der Waals surface area contributed by atoms with E-state index in [1.165, 1.54) is 12.1 Å². The number of benzene rings is 2. The van der Waals surface area contributed by atoms with Gasteiger partial charge in [0.05, 0.1) is 11.5 Å². The normalized spacial score (nSPS) is 12.9. The van der Waals surface area contributed by atoms with Crippen LogP contribution < -0.4 is 4.74 Å². The smallest absolute Gasteiger partial charge is 0.175 e. The highest BCUT2D eigenvalue weighted by Crippen LogP contribution is 2.25. The average molecular weight is 306 g/mol. The molecular formula is C16H18O4S. The lowest BCUT2D eigenvalue weighted by atomic mass is 10.0. The summed E-state index contributed by atoms with van der Waals surface area (Å²) in [7, 11) is -3.29. The fourth-order valence-electron chi connectivity index (χ4n) is 2.02. The third-order valence-corrected chi connectivity index (χ3v) is 4.22. The van der Waals surface area contributed by atoms with Gasteiger partial charge in [-0.15, -0.1) is 0 Å². The molecular weight excluding hydrogens is 288 g/mol. The Morgan fingerprint density at radius 2 is 1.76 bits per heavy atom. The van der Waals surface area contributed by atoms with E-state index >= 15 is 0 Å². The van der Waals surface area contributed by atoms with Gasteiger partial charge in [-0.25, -0.2) is 8.42 Å². The van der Waals surface area contributed by atoms with Crippen molar-refractivity contribution in [3.8, 4) is 5.75 Å². The molecule has 0 aliphatic rings. The lowest BCUT2D eigenvalue weighted by Gasteiger charge is -2.13. The Hall–Kier alpha value is -1.85. The molecule has 0 amide bonds. The van der Waals surface area contributed by atoms with E-state index in [4.69, 9.17) is 4.74 Å². The molecule has 0 fully saturated rings. The maximum Gasteiger partial charge on any atom is 0.175 e. The van der Waals surface area contributed by atoms with Gasteiger partial charge in [0, 0.05) is 6.26 Å². The first-order valence-corrected chi connectivity index (χ1v) is 8.52. The molecule has 5 heteroatoms. The lowest BCUT2D eigenvalue weighted by Crippen LogP contribution is -2.03. The van der Waals surface area contributed by atoms with Gasteiger partial charge in [-0.05, 0) is 42.3 Å². The highest BCUT2D eigenvalue weighted by molar-refractivity contribution is 7.90. The van der Waals surface area contributed by atoms with Crippen molar-refractivity contribution in [2.24, 2.45) is 0 Å². The number of aliphatic hydroxyl groups is 1. The summed E-state index contributed by atoms with van der Waals surface area (Å²) in [5.74, 6) is 0.735.